The molecule has 3 rings (SSSR count). The molecule has 0 saturated carbocycles. The predicted molar refractivity (Wildman–Crippen MR) is 108 cm³/mol. The van der Waals surface area contributed by atoms with Crippen molar-refractivity contribution in [1.82, 2.24) is 4.90 Å². The SMILES string of the molecule is CC(C#N)CC1CC(c2ccc(F)cc2)N([C@@H](C)c2ccc(Br)cc2)C(=O)O1. The van der Waals surface area contributed by atoms with Gasteiger partial charge in [-0.05, 0) is 49.2 Å². The largest absolute Gasteiger partial charge is 0.446 e. The molecule has 1 aliphatic heterocycles. The lowest BCUT2D eigenvalue weighted by Crippen LogP contribution is -2.45. The molecule has 6 heteroatoms. The van der Waals surface area contributed by atoms with Gasteiger partial charge < -0.3 is 4.74 Å². The van der Waals surface area contributed by atoms with E-state index in [4.69, 9.17) is 10.00 Å². The summed E-state index contributed by atoms with van der Waals surface area (Å²) >= 11 is 3.43. The number of hydrogen-bond acceptors (Lipinski definition) is 3. The average molecular weight is 445 g/mol. The summed E-state index contributed by atoms with van der Waals surface area (Å²) < 4.78 is 20.1. The van der Waals surface area contributed by atoms with Gasteiger partial charge in [-0.3, -0.25) is 4.90 Å². The predicted octanol–water partition coefficient (Wildman–Crippen LogP) is 6.15. The number of rotatable bonds is 5. The number of halogens is 2. The van der Waals surface area contributed by atoms with Gasteiger partial charge in [-0.2, -0.15) is 5.26 Å². The topological polar surface area (TPSA) is 53.3 Å². The van der Waals surface area contributed by atoms with Gasteiger partial charge >= 0.3 is 6.09 Å². The van der Waals surface area contributed by atoms with Gasteiger partial charge in [-0.1, -0.05) is 40.2 Å². The third-order valence-corrected chi connectivity index (χ3v) is 5.69. The van der Waals surface area contributed by atoms with E-state index in [9.17, 15) is 9.18 Å². The lowest BCUT2D eigenvalue weighted by Gasteiger charge is -2.42. The number of cyclic esters (lactones) is 1. The zero-order valence-corrected chi connectivity index (χ0v) is 17.4. The van der Waals surface area contributed by atoms with Crippen molar-refractivity contribution in [2.75, 3.05) is 0 Å². The summed E-state index contributed by atoms with van der Waals surface area (Å²) in [5.74, 6) is -0.522. The number of carbonyl (C=O) groups excluding carboxylic acids is 1. The molecule has 1 amide bonds. The van der Waals surface area contributed by atoms with E-state index in [1.165, 1.54) is 12.1 Å². The Balaban J connectivity index is 1.93. The summed E-state index contributed by atoms with van der Waals surface area (Å²) in [6, 6.07) is 15.8. The van der Waals surface area contributed by atoms with E-state index in [2.05, 4.69) is 22.0 Å². The molecular formula is C22H22BrFN2O2. The minimum absolute atomic E-state index is 0.206. The quantitative estimate of drug-likeness (QED) is 0.555. The van der Waals surface area contributed by atoms with Gasteiger partial charge in [0.25, 0.3) is 0 Å². The molecule has 0 radical (unpaired) electrons. The Morgan fingerprint density at radius 3 is 2.46 bits per heavy atom. The highest BCUT2D eigenvalue weighted by molar-refractivity contribution is 9.10. The molecule has 4 nitrogen and oxygen atoms in total. The zero-order chi connectivity index (χ0) is 20.3. The van der Waals surface area contributed by atoms with Gasteiger partial charge in [0, 0.05) is 23.2 Å². The molecule has 0 spiro atoms. The van der Waals surface area contributed by atoms with Crippen LogP contribution in [0.1, 0.15) is 49.9 Å². The zero-order valence-electron chi connectivity index (χ0n) is 15.8. The molecule has 1 saturated heterocycles. The Labute approximate surface area is 173 Å². The summed E-state index contributed by atoms with van der Waals surface area (Å²) in [4.78, 5) is 14.7. The van der Waals surface area contributed by atoms with Crippen LogP contribution in [0.4, 0.5) is 9.18 Å². The monoisotopic (exact) mass is 444 g/mol. The van der Waals surface area contributed by atoms with Crippen molar-refractivity contribution in [3.8, 4) is 6.07 Å². The first-order valence-electron chi connectivity index (χ1n) is 9.28. The summed E-state index contributed by atoms with van der Waals surface area (Å²) in [7, 11) is 0. The lowest BCUT2D eigenvalue weighted by molar-refractivity contribution is -0.0218. The summed E-state index contributed by atoms with van der Waals surface area (Å²) in [6.45, 7) is 3.77. The fraction of sp³-hybridized carbons (Fsp3) is 0.364. The van der Waals surface area contributed by atoms with Crippen LogP contribution in [0.3, 0.4) is 0 Å². The van der Waals surface area contributed by atoms with Crippen molar-refractivity contribution < 1.29 is 13.9 Å². The van der Waals surface area contributed by atoms with E-state index in [1.54, 1.807) is 17.0 Å². The van der Waals surface area contributed by atoms with Crippen LogP contribution in [0, 0.1) is 23.1 Å². The number of amides is 1. The Morgan fingerprint density at radius 1 is 1.21 bits per heavy atom. The molecule has 4 atom stereocenters. The molecule has 2 aromatic rings. The van der Waals surface area contributed by atoms with Crippen LogP contribution < -0.4 is 0 Å². The van der Waals surface area contributed by atoms with Gasteiger partial charge in [-0.15, -0.1) is 0 Å². The molecular weight excluding hydrogens is 423 g/mol. The molecule has 28 heavy (non-hydrogen) atoms. The molecule has 146 valence electrons. The molecule has 0 aromatic heterocycles. The smallest absolute Gasteiger partial charge is 0.411 e. The first-order chi connectivity index (χ1) is 13.4. The van der Waals surface area contributed by atoms with Crippen LogP contribution in [-0.2, 0) is 4.74 Å². The minimum atomic E-state index is -0.411. The number of nitriles is 1. The molecule has 0 aliphatic carbocycles. The Hall–Kier alpha value is -2.39. The van der Waals surface area contributed by atoms with Gasteiger partial charge in [0.15, 0.2) is 0 Å². The highest BCUT2D eigenvalue weighted by atomic mass is 79.9. The second kappa shape index (κ2) is 8.74. The molecule has 2 aromatic carbocycles. The minimum Gasteiger partial charge on any atom is -0.446 e. The normalized spacial score (nSPS) is 21.5. The van der Waals surface area contributed by atoms with Crippen LogP contribution >= 0.6 is 15.9 Å². The summed E-state index contributed by atoms with van der Waals surface area (Å²) in [5, 5.41) is 9.11. The Bertz CT molecular complexity index is 864. The molecule has 1 heterocycles. The average Bonchev–Trinajstić information content (AvgIpc) is 2.68. The van der Waals surface area contributed by atoms with E-state index in [-0.39, 0.29) is 29.9 Å². The van der Waals surface area contributed by atoms with Crippen LogP contribution in [0.25, 0.3) is 0 Å². The molecule has 3 unspecified atom stereocenters. The fourth-order valence-electron chi connectivity index (χ4n) is 3.64. The van der Waals surface area contributed by atoms with E-state index in [1.807, 2.05) is 38.1 Å². The van der Waals surface area contributed by atoms with Gasteiger partial charge in [0.05, 0.1) is 18.2 Å². The van der Waals surface area contributed by atoms with Crippen LogP contribution in [0.2, 0.25) is 0 Å². The molecule has 0 bridgehead atoms. The maximum Gasteiger partial charge on any atom is 0.411 e. The third-order valence-electron chi connectivity index (χ3n) is 5.16. The molecule has 1 aliphatic rings. The van der Waals surface area contributed by atoms with Crippen LogP contribution in [-0.4, -0.2) is 17.1 Å². The highest BCUT2D eigenvalue weighted by Gasteiger charge is 2.39. The number of benzene rings is 2. The van der Waals surface area contributed by atoms with Crippen LogP contribution in [0.5, 0.6) is 0 Å². The van der Waals surface area contributed by atoms with Gasteiger partial charge in [0.1, 0.15) is 11.9 Å². The van der Waals surface area contributed by atoms with Crippen molar-refractivity contribution in [2.45, 2.75) is 44.9 Å². The maximum absolute atomic E-state index is 13.4. The first kappa shape index (κ1) is 20.3. The van der Waals surface area contributed by atoms with Crippen molar-refractivity contribution in [3.63, 3.8) is 0 Å². The fourth-order valence-corrected chi connectivity index (χ4v) is 3.91. The number of hydrogen-bond donors (Lipinski definition) is 0. The van der Waals surface area contributed by atoms with Crippen molar-refractivity contribution in [2.24, 2.45) is 5.92 Å². The van der Waals surface area contributed by atoms with E-state index in [0.717, 1.165) is 15.6 Å². The van der Waals surface area contributed by atoms with Crippen LogP contribution in [0.15, 0.2) is 53.0 Å². The van der Waals surface area contributed by atoms with E-state index >= 15 is 0 Å². The van der Waals surface area contributed by atoms with E-state index in [0.29, 0.717) is 12.8 Å². The number of ether oxygens (including phenoxy) is 1. The molecule has 0 N–H and O–H groups in total. The second-order valence-electron chi connectivity index (χ2n) is 7.21. The Morgan fingerprint density at radius 2 is 1.86 bits per heavy atom. The third kappa shape index (κ3) is 4.53. The van der Waals surface area contributed by atoms with Crippen molar-refractivity contribution in [1.29, 1.82) is 5.26 Å². The summed E-state index contributed by atoms with van der Waals surface area (Å²) in [5.41, 5.74) is 1.84. The first-order valence-corrected chi connectivity index (χ1v) is 10.1. The molecule has 1 fully saturated rings. The number of nitrogens with zero attached hydrogens (tertiary/aromatic N) is 2. The van der Waals surface area contributed by atoms with E-state index < -0.39 is 6.09 Å². The summed E-state index contributed by atoms with van der Waals surface area (Å²) in [6.07, 6.45) is 0.293. The van der Waals surface area contributed by atoms with Crippen molar-refractivity contribution in [3.05, 3.63) is 69.9 Å². The second-order valence-corrected chi connectivity index (χ2v) is 8.13. The number of carbonyl (C=O) groups is 1. The standard InChI is InChI=1S/C22H22BrFN2O2/c1-14(13-25)11-20-12-21(17-5-9-19(24)10-6-17)26(22(27)28-20)15(2)16-3-7-18(23)8-4-16/h3-10,14-15,20-21H,11-12H2,1-2H3/t14?,15-,20?,21?/m0/s1. The highest BCUT2D eigenvalue weighted by Crippen LogP contribution is 2.39. The lowest BCUT2D eigenvalue weighted by atomic mass is 9.91. The van der Waals surface area contributed by atoms with Crippen molar-refractivity contribution >= 4 is 22.0 Å². The van der Waals surface area contributed by atoms with Gasteiger partial charge in [0.2, 0.25) is 0 Å². The van der Waals surface area contributed by atoms with Gasteiger partial charge in [-0.25, -0.2) is 9.18 Å². The Kier molecular flexibility index (Phi) is 6.35. The maximum atomic E-state index is 13.4.